The van der Waals surface area contributed by atoms with E-state index in [2.05, 4.69) is 15.3 Å². The molecule has 4 aromatic carbocycles. The molecule has 6 aromatic rings. The summed E-state index contributed by atoms with van der Waals surface area (Å²) in [6.07, 6.45) is 4.73. The molecule has 2 aliphatic heterocycles. The standard InChI is InChI=1S/C51H50F2N6O5/c1-28(2)44(57-48(61)63-3)47(60)59-34-13-9-33(21-34)45(59)46-55-40-16-12-31(24-42(40)56-46)30-10-14-35-36-15-11-32(23-38(36)51(52,53)37(35)22-30)39-17-18-41(54-39)43-25-50(19-20-50)27-58(43)49(62)64-26-29-7-5-4-6-8-29/h4-8,10-12,14-18,22-24,28,33-34,43-45,54H,9,13,19-21,25-27H2,1-3H3,(H,55,56)(H,57,61)/t33-,34+,43-,44+,45-/m0/s1. The minimum Gasteiger partial charge on any atom is -0.453 e. The fraction of sp³-hybridized carbons (Fsp3) is 0.373. The van der Waals surface area contributed by atoms with Gasteiger partial charge in [-0.15, -0.1) is 0 Å². The van der Waals surface area contributed by atoms with Gasteiger partial charge in [-0.25, -0.2) is 14.6 Å². The number of alkyl halides is 2. The van der Waals surface area contributed by atoms with Crippen molar-refractivity contribution in [2.24, 2.45) is 17.3 Å². The third kappa shape index (κ3) is 6.73. The first kappa shape index (κ1) is 40.3. The molecule has 328 valence electrons. The number of ether oxygens (including phenoxy) is 2. The Kier molecular flexibility index (Phi) is 9.48. The zero-order chi connectivity index (χ0) is 44.1. The van der Waals surface area contributed by atoms with Crippen LogP contribution in [0.4, 0.5) is 18.4 Å². The Morgan fingerprint density at radius 3 is 2.33 bits per heavy atom. The van der Waals surface area contributed by atoms with E-state index in [4.69, 9.17) is 14.5 Å². The van der Waals surface area contributed by atoms with Gasteiger partial charge in [0.1, 0.15) is 18.5 Å². The largest absolute Gasteiger partial charge is 0.453 e. The number of imidazole rings is 1. The molecule has 0 unspecified atom stereocenters. The highest BCUT2D eigenvalue weighted by Crippen LogP contribution is 2.59. The van der Waals surface area contributed by atoms with Gasteiger partial charge in [0, 0.05) is 35.1 Å². The summed E-state index contributed by atoms with van der Waals surface area (Å²) in [5, 5.41) is 2.74. The van der Waals surface area contributed by atoms with Crippen molar-refractivity contribution in [1.29, 1.82) is 0 Å². The fourth-order valence-corrected chi connectivity index (χ4v) is 11.1. The number of amides is 3. The van der Waals surface area contributed by atoms with Crippen molar-refractivity contribution in [2.75, 3.05) is 13.7 Å². The number of fused-ring (bicyclic) bond motifs is 6. The van der Waals surface area contributed by atoms with Crippen molar-refractivity contribution in [1.82, 2.24) is 30.1 Å². The molecule has 2 bridgehead atoms. The van der Waals surface area contributed by atoms with Gasteiger partial charge in [0.2, 0.25) is 5.91 Å². The summed E-state index contributed by atoms with van der Waals surface area (Å²) in [6, 6.07) is 28.6. The zero-order valence-corrected chi connectivity index (χ0v) is 36.0. The molecular formula is C51H50F2N6O5. The van der Waals surface area contributed by atoms with Crippen molar-refractivity contribution in [3.05, 3.63) is 125 Å². The molecule has 64 heavy (non-hydrogen) atoms. The van der Waals surface area contributed by atoms with E-state index >= 15 is 8.78 Å². The first-order valence-corrected chi connectivity index (χ1v) is 22.4. The van der Waals surface area contributed by atoms with Crippen LogP contribution in [0.5, 0.6) is 0 Å². The van der Waals surface area contributed by atoms with E-state index in [1.54, 1.807) is 24.3 Å². The molecule has 0 radical (unpaired) electrons. The molecule has 11 nitrogen and oxygen atoms in total. The minimum atomic E-state index is -3.24. The lowest BCUT2D eigenvalue weighted by atomic mass is 9.95. The van der Waals surface area contributed by atoms with Crippen molar-refractivity contribution in [3.8, 4) is 33.5 Å². The van der Waals surface area contributed by atoms with Gasteiger partial charge in [0.15, 0.2) is 0 Å². The van der Waals surface area contributed by atoms with Crippen LogP contribution in [0.25, 0.3) is 44.5 Å². The Hall–Kier alpha value is -6.50. The fourth-order valence-electron chi connectivity index (χ4n) is 11.1. The number of carbonyl (C=O) groups is 3. The Morgan fingerprint density at radius 2 is 1.59 bits per heavy atom. The first-order chi connectivity index (χ1) is 30.9. The summed E-state index contributed by atoms with van der Waals surface area (Å²) in [4.78, 5) is 55.4. The number of alkyl carbamates (subject to hydrolysis) is 1. The van der Waals surface area contributed by atoms with Crippen LogP contribution >= 0.6 is 0 Å². The van der Waals surface area contributed by atoms with Crippen LogP contribution in [0.1, 0.15) is 92.7 Å². The first-order valence-electron chi connectivity index (χ1n) is 22.4. The number of H-pyrrole nitrogens is 2. The summed E-state index contributed by atoms with van der Waals surface area (Å²) < 4.78 is 43.9. The average Bonchev–Trinajstić information content (AvgIpc) is 3.96. The second-order valence-corrected chi connectivity index (χ2v) is 18.9. The van der Waals surface area contributed by atoms with Crippen LogP contribution in [-0.2, 0) is 26.8 Å². The predicted molar refractivity (Wildman–Crippen MR) is 237 cm³/mol. The van der Waals surface area contributed by atoms with E-state index in [1.165, 1.54) is 7.11 Å². The summed E-state index contributed by atoms with van der Waals surface area (Å²) in [6.45, 7) is 4.64. The average molecular weight is 865 g/mol. The van der Waals surface area contributed by atoms with Gasteiger partial charge in [-0.1, -0.05) is 74.5 Å². The molecule has 4 heterocycles. The van der Waals surface area contributed by atoms with E-state index < -0.39 is 18.1 Å². The lowest BCUT2D eigenvalue weighted by Gasteiger charge is -2.37. The molecule has 4 fully saturated rings. The Bertz CT molecular complexity index is 2830. The van der Waals surface area contributed by atoms with Gasteiger partial charge in [-0.2, -0.15) is 8.78 Å². The van der Waals surface area contributed by atoms with Crippen LogP contribution in [-0.4, -0.2) is 68.6 Å². The van der Waals surface area contributed by atoms with E-state index in [-0.39, 0.29) is 65.1 Å². The molecular weight excluding hydrogens is 815 g/mol. The number of aromatic nitrogens is 3. The van der Waals surface area contributed by atoms with Gasteiger partial charge in [0.05, 0.1) is 30.2 Å². The SMILES string of the molecule is COC(=O)N[C@@H](C(=O)N1[C@@H]2CC[C@@H](C2)[C@H]1c1nc2ccc(-c3ccc4c(c3)C(F)(F)c3cc(-c5ccc([C@@H]6CC7(CC7)CN6C(=O)OCc6ccccc6)[nH]5)ccc3-4)cc2[nH]1)C(C)C. The third-order valence-corrected chi connectivity index (χ3v) is 14.6. The van der Waals surface area contributed by atoms with Gasteiger partial charge >= 0.3 is 12.2 Å². The van der Waals surface area contributed by atoms with Crippen LogP contribution in [0.15, 0.2) is 97.1 Å². The van der Waals surface area contributed by atoms with E-state index in [0.29, 0.717) is 40.3 Å². The lowest BCUT2D eigenvalue weighted by Crippen LogP contribution is -2.54. The Morgan fingerprint density at radius 1 is 0.875 bits per heavy atom. The van der Waals surface area contributed by atoms with Crippen molar-refractivity contribution >= 4 is 29.1 Å². The summed E-state index contributed by atoms with van der Waals surface area (Å²) in [5.41, 5.74) is 7.05. The van der Waals surface area contributed by atoms with Crippen LogP contribution < -0.4 is 5.32 Å². The van der Waals surface area contributed by atoms with Gasteiger partial charge < -0.3 is 29.7 Å². The van der Waals surface area contributed by atoms with E-state index in [0.717, 1.165) is 66.4 Å². The number of aromatic amines is 2. The van der Waals surface area contributed by atoms with Gasteiger partial charge in [-0.05, 0) is 126 Å². The second-order valence-electron chi connectivity index (χ2n) is 18.9. The third-order valence-electron chi connectivity index (χ3n) is 14.6. The highest BCUT2D eigenvalue weighted by molar-refractivity contribution is 5.89. The number of nitrogens with zero attached hydrogens (tertiary/aromatic N) is 3. The van der Waals surface area contributed by atoms with Crippen molar-refractivity contribution in [2.45, 2.75) is 89.1 Å². The van der Waals surface area contributed by atoms with Crippen LogP contribution in [0.2, 0.25) is 0 Å². The zero-order valence-electron chi connectivity index (χ0n) is 36.0. The Labute approximate surface area is 369 Å². The number of nitrogens with one attached hydrogen (secondary N) is 3. The summed E-state index contributed by atoms with van der Waals surface area (Å²) in [7, 11) is 1.28. The smallest absolute Gasteiger partial charge is 0.410 e. The van der Waals surface area contributed by atoms with Crippen molar-refractivity contribution < 1.29 is 32.6 Å². The molecule has 13 heteroatoms. The molecule has 3 aliphatic carbocycles. The molecule has 3 amide bonds. The molecule has 1 spiro atoms. The molecule has 5 aliphatic rings. The van der Waals surface area contributed by atoms with Crippen molar-refractivity contribution in [3.63, 3.8) is 0 Å². The lowest BCUT2D eigenvalue weighted by molar-refractivity contribution is -0.139. The highest BCUT2D eigenvalue weighted by Gasteiger charge is 2.55. The van der Waals surface area contributed by atoms with E-state index in [1.807, 2.05) is 96.4 Å². The molecule has 11 rings (SSSR count). The molecule has 2 aromatic heterocycles. The van der Waals surface area contributed by atoms with E-state index in [9.17, 15) is 14.4 Å². The second kappa shape index (κ2) is 15.1. The maximum absolute atomic E-state index is 16.7. The maximum atomic E-state index is 16.7. The summed E-state index contributed by atoms with van der Waals surface area (Å²) >= 11 is 0. The predicted octanol–water partition coefficient (Wildman–Crippen LogP) is 10.6. The number of hydrogen-bond acceptors (Lipinski definition) is 6. The van der Waals surface area contributed by atoms with Gasteiger partial charge in [-0.3, -0.25) is 9.69 Å². The molecule has 3 N–H and O–H groups in total. The number of hydrogen-bond donors (Lipinski definition) is 3. The van der Waals surface area contributed by atoms with Crippen LogP contribution in [0, 0.1) is 17.3 Å². The molecule has 5 atom stereocenters. The number of benzene rings is 4. The quantitative estimate of drug-likeness (QED) is 0.133. The van der Waals surface area contributed by atoms with Crippen LogP contribution in [0.3, 0.4) is 0 Å². The van der Waals surface area contributed by atoms with Gasteiger partial charge in [0.25, 0.3) is 5.92 Å². The number of methoxy groups -OCH3 is 1. The number of likely N-dealkylation sites (tertiary alicyclic amines) is 2. The molecule has 2 saturated carbocycles. The maximum Gasteiger partial charge on any atom is 0.410 e. The Balaban J connectivity index is 0.832. The highest BCUT2D eigenvalue weighted by atomic mass is 19.3. The number of piperidine rings is 1. The minimum absolute atomic E-state index is 0.0441. The number of carbonyl (C=O) groups excluding carboxylic acids is 3. The molecule has 2 saturated heterocycles. The normalized spacial score (nSPS) is 22.5. The number of rotatable bonds is 9. The number of halogens is 2. The monoisotopic (exact) mass is 864 g/mol. The topological polar surface area (TPSA) is 133 Å². The summed E-state index contributed by atoms with van der Waals surface area (Å²) in [5.74, 6) is -2.63.